The van der Waals surface area contributed by atoms with Gasteiger partial charge >= 0.3 is 0 Å². The van der Waals surface area contributed by atoms with Crippen LogP contribution in [0.15, 0.2) is 42.5 Å². The number of nitrogens with one attached hydrogen (secondary N) is 2. The van der Waals surface area contributed by atoms with Crippen molar-refractivity contribution >= 4 is 11.8 Å². The van der Waals surface area contributed by atoms with Crippen LogP contribution >= 0.6 is 0 Å². The minimum atomic E-state index is -0.507. The predicted octanol–water partition coefficient (Wildman–Crippen LogP) is 2.21. The van der Waals surface area contributed by atoms with Crippen LogP contribution in [-0.4, -0.2) is 18.4 Å². The second kappa shape index (κ2) is 8.10. The molecule has 2 amide bonds. The summed E-state index contributed by atoms with van der Waals surface area (Å²) in [6.07, 6.45) is 0.167. The fourth-order valence-electron chi connectivity index (χ4n) is 2.00. The monoisotopic (exact) mass is 330 g/mol. The summed E-state index contributed by atoms with van der Waals surface area (Å²) < 4.78 is 17.9. The minimum Gasteiger partial charge on any atom is -0.484 e. The third-order valence-electron chi connectivity index (χ3n) is 3.46. The van der Waals surface area contributed by atoms with Crippen molar-refractivity contribution in [3.8, 4) is 5.75 Å². The second-order valence-electron chi connectivity index (χ2n) is 5.43. The van der Waals surface area contributed by atoms with Gasteiger partial charge in [-0.1, -0.05) is 18.2 Å². The molecule has 0 radical (unpaired) electrons. The number of amides is 2. The van der Waals surface area contributed by atoms with E-state index in [0.717, 1.165) is 16.7 Å². The molecule has 2 aromatic rings. The zero-order chi connectivity index (χ0) is 17.5. The summed E-state index contributed by atoms with van der Waals surface area (Å²) in [5.41, 5.74) is 7.74. The van der Waals surface area contributed by atoms with E-state index in [1.807, 2.05) is 32.0 Å². The van der Waals surface area contributed by atoms with Crippen molar-refractivity contribution in [2.24, 2.45) is 0 Å². The van der Waals surface area contributed by atoms with Gasteiger partial charge in [0.2, 0.25) is 5.91 Å². The topological polar surface area (TPSA) is 67.4 Å². The van der Waals surface area contributed by atoms with Gasteiger partial charge in [0.05, 0.1) is 6.42 Å². The number of hydrazine groups is 1. The number of hydrogen-bond acceptors (Lipinski definition) is 3. The van der Waals surface area contributed by atoms with Crippen LogP contribution in [0.25, 0.3) is 0 Å². The van der Waals surface area contributed by atoms with E-state index >= 15 is 0 Å². The maximum atomic E-state index is 12.7. The molecule has 0 aliphatic heterocycles. The Morgan fingerprint density at radius 2 is 1.62 bits per heavy atom. The number of aryl methyl sites for hydroxylation is 2. The highest BCUT2D eigenvalue weighted by atomic mass is 19.1. The molecule has 0 heterocycles. The molecule has 2 N–H and O–H groups in total. The summed E-state index contributed by atoms with van der Waals surface area (Å²) in [7, 11) is 0. The zero-order valence-electron chi connectivity index (χ0n) is 13.6. The number of ether oxygens (including phenoxy) is 1. The van der Waals surface area contributed by atoms with Crippen LogP contribution in [0, 0.1) is 19.7 Å². The highest BCUT2D eigenvalue weighted by Crippen LogP contribution is 2.11. The number of hydrogen-bond donors (Lipinski definition) is 2. The Morgan fingerprint density at radius 1 is 0.958 bits per heavy atom. The van der Waals surface area contributed by atoms with E-state index in [-0.39, 0.29) is 24.8 Å². The molecule has 0 aliphatic rings. The van der Waals surface area contributed by atoms with E-state index in [2.05, 4.69) is 10.9 Å². The summed E-state index contributed by atoms with van der Waals surface area (Å²) in [5, 5.41) is 0. The fourth-order valence-corrected chi connectivity index (χ4v) is 2.00. The Kier molecular flexibility index (Phi) is 5.89. The number of halogens is 1. The summed E-state index contributed by atoms with van der Waals surface area (Å²) in [6, 6.07) is 11.1. The van der Waals surface area contributed by atoms with Crippen LogP contribution in [0.3, 0.4) is 0 Å². The second-order valence-corrected chi connectivity index (χ2v) is 5.43. The fraction of sp³-hybridized carbons (Fsp3) is 0.222. The van der Waals surface area contributed by atoms with Gasteiger partial charge in [-0.15, -0.1) is 0 Å². The molecule has 0 unspecified atom stereocenters. The normalized spacial score (nSPS) is 10.1. The van der Waals surface area contributed by atoms with Gasteiger partial charge < -0.3 is 4.74 Å². The summed E-state index contributed by atoms with van der Waals surface area (Å²) in [4.78, 5) is 23.4. The highest BCUT2D eigenvalue weighted by molar-refractivity contribution is 5.83. The Bertz CT molecular complexity index is 730. The number of benzene rings is 2. The number of carbonyl (C=O) groups excluding carboxylic acids is 2. The van der Waals surface area contributed by atoms with Gasteiger partial charge in [0.15, 0.2) is 6.61 Å². The predicted molar refractivity (Wildman–Crippen MR) is 87.8 cm³/mol. The molecule has 0 atom stereocenters. The molecule has 0 fully saturated rings. The van der Waals surface area contributed by atoms with Crippen molar-refractivity contribution in [2.75, 3.05) is 6.61 Å². The van der Waals surface area contributed by atoms with Crippen LogP contribution in [-0.2, 0) is 16.0 Å². The first-order valence-corrected chi connectivity index (χ1v) is 7.46. The molecular weight excluding hydrogens is 311 g/mol. The van der Waals surface area contributed by atoms with Gasteiger partial charge in [0, 0.05) is 0 Å². The van der Waals surface area contributed by atoms with Crippen LogP contribution in [0.1, 0.15) is 16.7 Å². The molecule has 0 aliphatic carbocycles. The Labute approximate surface area is 139 Å². The van der Waals surface area contributed by atoms with E-state index in [1.54, 1.807) is 0 Å². The van der Waals surface area contributed by atoms with Crippen LogP contribution in [0.5, 0.6) is 5.75 Å². The van der Waals surface area contributed by atoms with Crippen LogP contribution in [0.2, 0.25) is 0 Å². The van der Waals surface area contributed by atoms with Crippen LogP contribution in [0.4, 0.5) is 4.39 Å². The average Bonchev–Trinajstić information content (AvgIpc) is 2.56. The average molecular weight is 330 g/mol. The van der Waals surface area contributed by atoms with Crippen molar-refractivity contribution in [3.05, 3.63) is 65.0 Å². The third kappa shape index (κ3) is 5.39. The van der Waals surface area contributed by atoms with Crippen molar-refractivity contribution in [3.63, 3.8) is 0 Å². The Balaban J connectivity index is 1.73. The standard InChI is InChI=1S/C18H19FN2O3/c1-12-3-4-14(9-13(12)2)10-17(22)20-21-18(23)11-24-16-7-5-15(19)6-8-16/h3-9H,10-11H2,1-2H3,(H,20,22)(H,21,23). The van der Waals surface area contributed by atoms with Gasteiger partial charge in [0.1, 0.15) is 11.6 Å². The lowest BCUT2D eigenvalue weighted by atomic mass is 10.0. The largest absolute Gasteiger partial charge is 0.484 e. The van der Waals surface area contributed by atoms with Crippen molar-refractivity contribution in [2.45, 2.75) is 20.3 Å². The molecular formula is C18H19FN2O3. The Hall–Kier alpha value is -2.89. The zero-order valence-corrected chi connectivity index (χ0v) is 13.6. The highest BCUT2D eigenvalue weighted by Gasteiger charge is 2.07. The first-order chi connectivity index (χ1) is 11.4. The van der Waals surface area contributed by atoms with E-state index in [9.17, 15) is 14.0 Å². The molecule has 126 valence electrons. The van der Waals surface area contributed by atoms with E-state index < -0.39 is 5.91 Å². The maximum Gasteiger partial charge on any atom is 0.276 e. The van der Waals surface area contributed by atoms with Crippen molar-refractivity contribution < 1.29 is 18.7 Å². The lowest BCUT2D eigenvalue weighted by Crippen LogP contribution is -2.44. The molecule has 0 bridgehead atoms. The van der Waals surface area contributed by atoms with Crippen molar-refractivity contribution in [1.82, 2.24) is 10.9 Å². The summed E-state index contributed by atoms with van der Waals surface area (Å²) in [5.74, 6) is -0.848. The van der Waals surface area contributed by atoms with Gasteiger partial charge in [-0.05, 0) is 54.8 Å². The van der Waals surface area contributed by atoms with Gasteiger partial charge in [0.25, 0.3) is 5.91 Å². The Morgan fingerprint density at radius 3 is 2.29 bits per heavy atom. The van der Waals surface area contributed by atoms with Gasteiger partial charge in [-0.25, -0.2) is 4.39 Å². The lowest BCUT2D eigenvalue weighted by molar-refractivity contribution is -0.129. The van der Waals surface area contributed by atoms with Gasteiger partial charge in [-0.3, -0.25) is 20.4 Å². The third-order valence-corrected chi connectivity index (χ3v) is 3.46. The van der Waals surface area contributed by atoms with E-state index in [4.69, 9.17) is 4.74 Å². The van der Waals surface area contributed by atoms with Gasteiger partial charge in [-0.2, -0.15) is 0 Å². The maximum absolute atomic E-state index is 12.7. The molecule has 24 heavy (non-hydrogen) atoms. The molecule has 6 heteroatoms. The molecule has 5 nitrogen and oxygen atoms in total. The lowest BCUT2D eigenvalue weighted by Gasteiger charge is -2.09. The minimum absolute atomic E-state index is 0.167. The summed E-state index contributed by atoms with van der Waals surface area (Å²) >= 11 is 0. The molecule has 0 spiro atoms. The quantitative estimate of drug-likeness (QED) is 0.826. The number of rotatable bonds is 5. The van der Waals surface area contributed by atoms with Crippen LogP contribution < -0.4 is 15.6 Å². The first-order valence-electron chi connectivity index (χ1n) is 7.46. The summed E-state index contributed by atoms with van der Waals surface area (Å²) in [6.45, 7) is 3.70. The van der Waals surface area contributed by atoms with Crippen molar-refractivity contribution in [1.29, 1.82) is 0 Å². The van der Waals surface area contributed by atoms with E-state index in [0.29, 0.717) is 5.75 Å². The molecule has 2 rings (SSSR count). The molecule has 0 saturated carbocycles. The van der Waals surface area contributed by atoms with E-state index in [1.165, 1.54) is 24.3 Å². The molecule has 2 aromatic carbocycles. The smallest absolute Gasteiger partial charge is 0.276 e. The first kappa shape index (κ1) is 17.5. The molecule has 0 saturated heterocycles. The number of carbonyl (C=O) groups is 2. The molecule has 0 aromatic heterocycles. The SMILES string of the molecule is Cc1ccc(CC(=O)NNC(=O)COc2ccc(F)cc2)cc1C.